The summed E-state index contributed by atoms with van der Waals surface area (Å²) in [6.07, 6.45) is 0.898. The predicted molar refractivity (Wildman–Crippen MR) is 77.3 cm³/mol. The molecule has 1 rings (SSSR count). The number of carbonyl (C=O) groups excluding carboxylic acids is 1. The van der Waals surface area contributed by atoms with E-state index in [4.69, 9.17) is 28.9 Å². The summed E-state index contributed by atoms with van der Waals surface area (Å²) in [6, 6.07) is 3.05. The molecule has 0 fully saturated rings. The zero-order valence-electron chi connectivity index (χ0n) is 10.8. The number of benzene rings is 1. The molecular weight excluding hydrogens is 271 g/mol. The molecule has 0 unspecified atom stereocenters. The lowest BCUT2D eigenvalue weighted by Crippen LogP contribution is -2.27. The number of hydrogen-bond acceptors (Lipinski definition) is 2. The fourth-order valence-corrected chi connectivity index (χ4v) is 1.86. The maximum absolute atomic E-state index is 11.9. The van der Waals surface area contributed by atoms with E-state index in [2.05, 4.69) is 26.1 Å². The van der Waals surface area contributed by atoms with Gasteiger partial charge in [-0.05, 0) is 24.0 Å². The van der Waals surface area contributed by atoms with E-state index in [1.54, 1.807) is 0 Å². The molecule has 0 aliphatic carbocycles. The molecule has 0 saturated carbocycles. The first-order chi connectivity index (χ1) is 8.20. The van der Waals surface area contributed by atoms with Gasteiger partial charge in [0.2, 0.25) is 0 Å². The van der Waals surface area contributed by atoms with Crippen LogP contribution in [0.2, 0.25) is 10.0 Å². The highest BCUT2D eigenvalue weighted by atomic mass is 35.5. The molecule has 1 aromatic carbocycles. The van der Waals surface area contributed by atoms with Gasteiger partial charge in [0.25, 0.3) is 5.91 Å². The third-order valence-corrected chi connectivity index (χ3v) is 3.13. The third kappa shape index (κ3) is 4.39. The number of nitrogen functional groups attached to an aromatic ring is 1. The molecule has 0 atom stereocenters. The molecule has 0 aromatic heterocycles. The molecule has 1 amide bonds. The highest BCUT2D eigenvalue weighted by Crippen LogP contribution is 2.28. The SMILES string of the molecule is CC(C)(C)CCNC(=O)c1cc(Cl)c(N)c(Cl)c1. The Morgan fingerprint density at radius 2 is 1.78 bits per heavy atom. The van der Waals surface area contributed by atoms with Crippen molar-refractivity contribution >= 4 is 34.8 Å². The lowest BCUT2D eigenvalue weighted by Gasteiger charge is -2.18. The number of hydrogen-bond donors (Lipinski definition) is 2. The molecule has 100 valence electrons. The van der Waals surface area contributed by atoms with E-state index < -0.39 is 0 Å². The first-order valence-electron chi connectivity index (χ1n) is 5.73. The molecule has 18 heavy (non-hydrogen) atoms. The Bertz CT molecular complexity index is 430. The average molecular weight is 289 g/mol. The van der Waals surface area contributed by atoms with Crippen molar-refractivity contribution in [1.82, 2.24) is 5.32 Å². The number of nitrogens with two attached hydrogens (primary N) is 1. The maximum Gasteiger partial charge on any atom is 0.251 e. The van der Waals surface area contributed by atoms with E-state index in [0.29, 0.717) is 27.8 Å². The Balaban J connectivity index is 2.68. The summed E-state index contributed by atoms with van der Waals surface area (Å²) in [7, 11) is 0. The molecule has 1 aromatic rings. The summed E-state index contributed by atoms with van der Waals surface area (Å²) in [6.45, 7) is 6.98. The summed E-state index contributed by atoms with van der Waals surface area (Å²) >= 11 is 11.8. The van der Waals surface area contributed by atoms with Crippen molar-refractivity contribution in [2.75, 3.05) is 12.3 Å². The van der Waals surface area contributed by atoms with Crippen LogP contribution in [-0.2, 0) is 0 Å². The minimum atomic E-state index is -0.192. The Kier molecular flexibility index (Phi) is 4.88. The third-order valence-electron chi connectivity index (χ3n) is 2.50. The van der Waals surface area contributed by atoms with Gasteiger partial charge in [0, 0.05) is 12.1 Å². The highest BCUT2D eigenvalue weighted by Gasteiger charge is 2.13. The molecule has 0 radical (unpaired) electrons. The summed E-state index contributed by atoms with van der Waals surface area (Å²) in [5, 5.41) is 3.42. The Hall–Kier alpha value is -0.930. The Morgan fingerprint density at radius 1 is 1.28 bits per heavy atom. The van der Waals surface area contributed by atoms with E-state index in [9.17, 15) is 4.79 Å². The van der Waals surface area contributed by atoms with Gasteiger partial charge in [-0.15, -0.1) is 0 Å². The van der Waals surface area contributed by atoms with Crippen LogP contribution in [-0.4, -0.2) is 12.5 Å². The van der Waals surface area contributed by atoms with Crippen molar-refractivity contribution in [3.8, 4) is 0 Å². The molecule has 0 aliphatic rings. The highest BCUT2D eigenvalue weighted by molar-refractivity contribution is 6.39. The molecule has 5 heteroatoms. The topological polar surface area (TPSA) is 55.1 Å². The molecule has 0 heterocycles. The standard InChI is InChI=1S/C13H18Cl2N2O/c1-13(2,3)4-5-17-12(18)8-6-9(14)11(16)10(15)7-8/h6-7H,4-5,16H2,1-3H3,(H,17,18). The number of halogens is 2. The quantitative estimate of drug-likeness (QED) is 0.833. The Labute approximate surface area is 118 Å². The predicted octanol–water partition coefficient (Wildman–Crippen LogP) is 3.74. The van der Waals surface area contributed by atoms with Crippen molar-refractivity contribution in [3.63, 3.8) is 0 Å². The van der Waals surface area contributed by atoms with Crippen molar-refractivity contribution in [2.24, 2.45) is 5.41 Å². The first-order valence-corrected chi connectivity index (χ1v) is 6.49. The number of nitrogens with one attached hydrogen (secondary N) is 1. The number of carbonyl (C=O) groups is 1. The van der Waals surface area contributed by atoms with Crippen LogP contribution in [0.25, 0.3) is 0 Å². The smallest absolute Gasteiger partial charge is 0.251 e. The number of amides is 1. The van der Waals surface area contributed by atoms with Crippen LogP contribution in [0.15, 0.2) is 12.1 Å². The van der Waals surface area contributed by atoms with Gasteiger partial charge in [0.1, 0.15) is 0 Å². The second kappa shape index (κ2) is 5.81. The van der Waals surface area contributed by atoms with Crippen LogP contribution in [0, 0.1) is 5.41 Å². The fraction of sp³-hybridized carbons (Fsp3) is 0.462. The van der Waals surface area contributed by atoms with Crippen molar-refractivity contribution in [2.45, 2.75) is 27.2 Å². The van der Waals surface area contributed by atoms with E-state index in [1.807, 2.05) is 0 Å². The monoisotopic (exact) mass is 288 g/mol. The Morgan fingerprint density at radius 3 is 2.22 bits per heavy atom. The number of rotatable bonds is 3. The normalized spacial score (nSPS) is 11.4. The minimum Gasteiger partial charge on any atom is -0.396 e. The summed E-state index contributed by atoms with van der Waals surface area (Å²) in [5.41, 5.74) is 6.52. The van der Waals surface area contributed by atoms with Crippen LogP contribution >= 0.6 is 23.2 Å². The second-order valence-corrected chi connectivity index (χ2v) is 6.23. The van der Waals surface area contributed by atoms with Gasteiger partial charge in [-0.25, -0.2) is 0 Å². The van der Waals surface area contributed by atoms with E-state index in [0.717, 1.165) is 6.42 Å². The summed E-state index contributed by atoms with van der Waals surface area (Å²) in [4.78, 5) is 11.9. The lowest BCUT2D eigenvalue weighted by molar-refractivity contribution is 0.0949. The van der Waals surface area contributed by atoms with Gasteiger partial charge in [-0.1, -0.05) is 44.0 Å². The van der Waals surface area contributed by atoms with Gasteiger partial charge < -0.3 is 11.1 Å². The van der Waals surface area contributed by atoms with Gasteiger partial charge in [0.05, 0.1) is 15.7 Å². The zero-order valence-corrected chi connectivity index (χ0v) is 12.3. The second-order valence-electron chi connectivity index (χ2n) is 5.42. The van der Waals surface area contributed by atoms with Crippen LogP contribution in [0.3, 0.4) is 0 Å². The van der Waals surface area contributed by atoms with Crippen LogP contribution in [0.4, 0.5) is 5.69 Å². The molecule has 3 nitrogen and oxygen atoms in total. The van der Waals surface area contributed by atoms with E-state index in [-0.39, 0.29) is 11.3 Å². The van der Waals surface area contributed by atoms with Crippen LogP contribution in [0.5, 0.6) is 0 Å². The lowest BCUT2D eigenvalue weighted by atomic mass is 9.92. The van der Waals surface area contributed by atoms with Crippen LogP contribution < -0.4 is 11.1 Å². The van der Waals surface area contributed by atoms with Gasteiger partial charge in [0.15, 0.2) is 0 Å². The molecule has 0 saturated heterocycles. The molecule has 0 aliphatic heterocycles. The number of anilines is 1. The van der Waals surface area contributed by atoms with Crippen LogP contribution in [0.1, 0.15) is 37.6 Å². The van der Waals surface area contributed by atoms with E-state index in [1.165, 1.54) is 12.1 Å². The van der Waals surface area contributed by atoms with Gasteiger partial charge in [-0.2, -0.15) is 0 Å². The van der Waals surface area contributed by atoms with E-state index >= 15 is 0 Å². The van der Waals surface area contributed by atoms with Crippen molar-refractivity contribution < 1.29 is 4.79 Å². The summed E-state index contributed by atoms with van der Waals surface area (Å²) in [5.74, 6) is -0.192. The molecule has 0 bridgehead atoms. The largest absolute Gasteiger partial charge is 0.396 e. The average Bonchev–Trinajstić information content (AvgIpc) is 2.23. The molecule has 0 spiro atoms. The molecular formula is C13H18Cl2N2O. The zero-order chi connectivity index (χ0) is 13.9. The van der Waals surface area contributed by atoms with Gasteiger partial charge >= 0.3 is 0 Å². The minimum absolute atomic E-state index is 0.184. The van der Waals surface area contributed by atoms with Gasteiger partial charge in [-0.3, -0.25) is 4.79 Å². The fourth-order valence-electron chi connectivity index (χ4n) is 1.37. The maximum atomic E-state index is 11.9. The van der Waals surface area contributed by atoms with Crippen molar-refractivity contribution in [1.29, 1.82) is 0 Å². The molecule has 3 N–H and O–H groups in total. The van der Waals surface area contributed by atoms with Crippen molar-refractivity contribution in [3.05, 3.63) is 27.7 Å². The first kappa shape index (κ1) is 15.1. The summed E-state index contributed by atoms with van der Waals surface area (Å²) < 4.78 is 0.